The first-order valence-corrected chi connectivity index (χ1v) is 7.25. The molecule has 18 heavy (non-hydrogen) atoms. The number of morpholine rings is 1. The maximum Gasteiger partial charge on any atom is 0.282 e. The Kier molecular flexibility index (Phi) is 4.01. The minimum absolute atomic E-state index is 0.243. The number of rotatable bonds is 3. The van der Waals surface area contributed by atoms with E-state index in [9.17, 15) is 8.42 Å². The SMILES string of the molecule is CN(C)S(=O)(=O)N1CCOCC1c1ccccc1. The highest BCUT2D eigenvalue weighted by atomic mass is 32.2. The molecule has 1 saturated heterocycles. The maximum atomic E-state index is 12.3. The first kappa shape index (κ1) is 13.5. The molecule has 1 unspecified atom stereocenters. The molecule has 100 valence electrons. The van der Waals surface area contributed by atoms with Gasteiger partial charge < -0.3 is 4.74 Å². The fourth-order valence-corrected chi connectivity index (χ4v) is 3.24. The third-order valence-electron chi connectivity index (χ3n) is 3.02. The van der Waals surface area contributed by atoms with Crippen LogP contribution in [0.4, 0.5) is 0 Å². The van der Waals surface area contributed by atoms with Gasteiger partial charge in [-0.05, 0) is 5.56 Å². The molecule has 6 heteroatoms. The Hall–Kier alpha value is -0.950. The lowest BCUT2D eigenvalue weighted by atomic mass is 10.1. The van der Waals surface area contributed by atoms with Crippen molar-refractivity contribution >= 4 is 10.2 Å². The quantitative estimate of drug-likeness (QED) is 0.819. The molecule has 0 amide bonds. The first-order valence-electron chi connectivity index (χ1n) is 5.85. The van der Waals surface area contributed by atoms with E-state index in [1.54, 1.807) is 14.1 Å². The molecule has 0 saturated carbocycles. The molecule has 1 atom stereocenters. The van der Waals surface area contributed by atoms with Gasteiger partial charge in [-0.2, -0.15) is 17.0 Å². The van der Waals surface area contributed by atoms with Gasteiger partial charge in [-0.1, -0.05) is 30.3 Å². The number of benzene rings is 1. The molecule has 1 aromatic carbocycles. The summed E-state index contributed by atoms with van der Waals surface area (Å²) in [7, 11) is -0.314. The monoisotopic (exact) mass is 270 g/mol. The minimum Gasteiger partial charge on any atom is -0.378 e. The Morgan fingerprint density at radius 2 is 1.94 bits per heavy atom. The van der Waals surface area contributed by atoms with Crippen molar-refractivity contribution in [1.29, 1.82) is 0 Å². The Balaban J connectivity index is 2.33. The van der Waals surface area contributed by atoms with E-state index in [4.69, 9.17) is 4.74 Å². The summed E-state index contributed by atoms with van der Waals surface area (Å²) in [6.45, 7) is 1.23. The van der Waals surface area contributed by atoms with Crippen molar-refractivity contribution in [3.63, 3.8) is 0 Å². The zero-order valence-corrected chi connectivity index (χ0v) is 11.4. The van der Waals surface area contributed by atoms with Crippen LogP contribution in [0.15, 0.2) is 30.3 Å². The van der Waals surface area contributed by atoms with Crippen LogP contribution in [0.25, 0.3) is 0 Å². The number of nitrogens with zero attached hydrogens (tertiary/aromatic N) is 2. The fraction of sp³-hybridized carbons (Fsp3) is 0.500. The van der Waals surface area contributed by atoms with Crippen LogP contribution in [0.2, 0.25) is 0 Å². The van der Waals surface area contributed by atoms with Gasteiger partial charge in [0, 0.05) is 20.6 Å². The standard InChI is InChI=1S/C12H18N2O3S/c1-13(2)18(15,16)14-8-9-17-10-12(14)11-6-4-3-5-7-11/h3-7,12H,8-10H2,1-2H3. The molecule has 5 nitrogen and oxygen atoms in total. The van der Waals surface area contributed by atoms with Crippen LogP contribution in [0.3, 0.4) is 0 Å². The lowest BCUT2D eigenvalue weighted by molar-refractivity contribution is 0.0299. The predicted octanol–water partition coefficient (Wildman–Crippen LogP) is 0.866. The summed E-state index contributed by atoms with van der Waals surface area (Å²) in [5.74, 6) is 0. The zero-order chi connectivity index (χ0) is 13.2. The van der Waals surface area contributed by atoms with Crippen LogP contribution in [0, 0.1) is 0 Å². The molecular formula is C12H18N2O3S. The van der Waals surface area contributed by atoms with E-state index in [0.29, 0.717) is 19.8 Å². The van der Waals surface area contributed by atoms with E-state index < -0.39 is 10.2 Å². The summed E-state index contributed by atoms with van der Waals surface area (Å²) in [5.41, 5.74) is 0.961. The van der Waals surface area contributed by atoms with Gasteiger partial charge in [0.1, 0.15) is 0 Å². The Morgan fingerprint density at radius 1 is 1.28 bits per heavy atom. The van der Waals surface area contributed by atoms with Crippen LogP contribution < -0.4 is 0 Å². The van der Waals surface area contributed by atoms with Gasteiger partial charge in [-0.15, -0.1) is 0 Å². The highest BCUT2D eigenvalue weighted by Crippen LogP contribution is 2.27. The molecule has 1 aromatic rings. The van der Waals surface area contributed by atoms with Crippen molar-refractivity contribution in [2.24, 2.45) is 0 Å². The largest absolute Gasteiger partial charge is 0.378 e. The fourth-order valence-electron chi connectivity index (χ4n) is 2.01. The van der Waals surface area contributed by atoms with Gasteiger partial charge in [0.25, 0.3) is 10.2 Å². The van der Waals surface area contributed by atoms with Gasteiger partial charge in [0.05, 0.1) is 19.3 Å². The predicted molar refractivity (Wildman–Crippen MR) is 69.3 cm³/mol. The van der Waals surface area contributed by atoms with Crippen molar-refractivity contribution in [3.8, 4) is 0 Å². The van der Waals surface area contributed by atoms with E-state index in [2.05, 4.69) is 0 Å². The molecule has 0 N–H and O–H groups in total. The smallest absolute Gasteiger partial charge is 0.282 e. The number of hydrogen-bond acceptors (Lipinski definition) is 3. The van der Waals surface area contributed by atoms with Crippen LogP contribution in [-0.2, 0) is 14.9 Å². The average molecular weight is 270 g/mol. The molecule has 0 bridgehead atoms. The Bertz CT molecular complexity index is 487. The molecule has 1 heterocycles. The Labute approximate surface area is 108 Å². The summed E-state index contributed by atoms with van der Waals surface area (Å²) in [6.07, 6.45) is 0. The van der Waals surface area contributed by atoms with E-state index in [0.717, 1.165) is 5.56 Å². The van der Waals surface area contributed by atoms with E-state index in [-0.39, 0.29) is 6.04 Å². The third kappa shape index (κ3) is 2.56. The summed E-state index contributed by atoms with van der Waals surface area (Å²) >= 11 is 0. The van der Waals surface area contributed by atoms with Gasteiger partial charge in [0.2, 0.25) is 0 Å². The van der Waals surface area contributed by atoms with E-state index in [1.807, 2.05) is 30.3 Å². The first-order chi connectivity index (χ1) is 8.53. The second-order valence-electron chi connectivity index (χ2n) is 4.40. The van der Waals surface area contributed by atoms with Crippen LogP contribution in [0.1, 0.15) is 11.6 Å². The summed E-state index contributed by atoms with van der Waals surface area (Å²) in [4.78, 5) is 0. The molecule has 0 aliphatic carbocycles. The molecule has 1 fully saturated rings. The number of ether oxygens (including phenoxy) is 1. The van der Waals surface area contributed by atoms with Crippen LogP contribution in [-0.4, -0.2) is 50.9 Å². The maximum absolute atomic E-state index is 12.3. The summed E-state index contributed by atoms with van der Waals surface area (Å²) in [6, 6.07) is 9.34. The molecule has 1 aliphatic rings. The second-order valence-corrected chi connectivity index (χ2v) is 6.50. The van der Waals surface area contributed by atoms with Crippen molar-refractivity contribution < 1.29 is 13.2 Å². The third-order valence-corrected chi connectivity index (χ3v) is 4.97. The summed E-state index contributed by atoms with van der Waals surface area (Å²) < 4.78 is 32.7. The van der Waals surface area contributed by atoms with Crippen molar-refractivity contribution in [2.75, 3.05) is 33.9 Å². The molecule has 1 aliphatic heterocycles. The van der Waals surface area contributed by atoms with Gasteiger partial charge in [-0.25, -0.2) is 0 Å². The van der Waals surface area contributed by atoms with Crippen LogP contribution in [0.5, 0.6) is 0 Å². The Morgan fingerprint density at radius 3 is 2.56 bits per heavy atom. The van der Waals surface area contributed by atoms with E-state index >= 15 is 0 Å². The molecule has 0 aromatic heterocycles. The van der Waals surface area contributed by atoms with Gasteiger partial charge in [0.15, 0.2) is 0 Å². The van der Waals surface area contributed by atoms with Crippen LogP contribution >= 0.6 is 0 Å². The highest BCUT2D eigenvalue weighted by Gasteiger charge is 2.35. The van der Waals surface area contributed by atoms with Gasteiger partial charge >= 0.3 is 0 Å². The van der Waals surface area contributed by atoms with E-state index in [1.165, 1.54) is 8.61 Å². The minimum atomic E-state index is -3.41. The average Bonchev–Trinajstić information content (AvgIpc) is 2.39. The van der Waals surface area contributed by atoms with Crippen molar-refractivity contribution in [3.05, 3.63) is 35.9 Å². The lowest BCUT2D eigenvalue weighted by Gasteiger charge is -2.36. The highest BCUT2D eigenvalue weighted by molar-refractivity contribution is 7.86. The van der Waals surface area contributed by atoms with Crippen molar-refractivity contribution in [2.45, 2.75) is 6.04 Å². The second kappa shape index (κ2) is 5.36. The normalized spacial score (nSPS) is 22.3. The zero-order valence-electron chi connectivity index (χ0n) is 10.6. The van der Waals surface area contributed by atoms with Gasteiger partial charge in [-0.3, -0.25) is 0 Å². The molecular weight excluding hydrogens is 252 g/mol. The lowest BCUT2D eigenvalue weighted by Crippen LogP contribution is -2.47. The molecule has 0 spiro atoms. The topological polar surface area (TPSA) is 49.9 Å². The summed E-state index contributed by atoms with van der Waals surface area (Å²) in [5, 5.41) is 0. The molecule has 0 radical (unpaired) electrons. The van der Waals surface area contributed by atoms with Crippen molar-refractivity contribution in [1.82, 2.24) is 8.61 Å². The number of hydrogen-bond donors (Lipinski definition) is 0. The molecule has 2 rings (SSSR count).